The summed E-state index contributed by atoms with van der Waals surface area (Å²) in [5.41, 5.74) is 7.11. The highest BCUT2D eigenvalue weighted by Gasteiger charge is 2.17. The molecule has 0 bridgehead atoms. The Hall–Kier alpha value is -1.82. The molecule has 2 aliphatic rings. The molecule has 0 unspecified atom stereocenters. The molecule has 0 atom stereocenters. The van der Waals surface area contributed by atoms with E-state index < -0.39 is 0 Å². The Morgan fingerprint density at radius 3 is 2.91 bits per heavy atom. The Morgan fingerprint density at radius 1 is 1.36 bits per heavy atom. The first kappa shape index (κ1) is 15.1. The molecule has 0 spiro atoms. The second-order valence-corrected chi connectivity index (χ2v) is 5.80. The minimum atomic E-state index is 0.324. The molecule has 0 aromatic carbocycles. The van der Waals surface area contributed by atoms with Gasteiger partial charge in [-0.1, -0.05) is 0 Å². The van der Waals surface area contributed by atoms with Crippen LogP contribution in [0.2, 0.25) is 0 Å². The SMILES string of the molecule is NC(=NCc1ccnc(OC2CCCC2)c1)N1CCOCC1. The van der Waals surface area contributed by atoms with Gasteiger partial charge in [-0.2, -0.15) is 0 Å². The van der Waals surface area contributed by atoms with E-state index in [9.17, 15) is 0 Å². The zero-order chi connectivity index (χ0) is 15.2. The van der Waals surface area contributed by atoms with Crippen molar-refractivity contribution < 1.29 is 9.47 Å². The Morgan fingerprint density at radius 2 is 2.14 bits per heavy atom. The number of rotatable bonds is 4. The molecule has 2 fully saturated rings. The lowest BCUT2D eigenvalue weighted by Gasteiger charge is -2.27. The first-order valence-corrected chi connectivity index (χ1v) is 8.05. The number of ether oxygens (including phenoxy) is 2. The molecule has 22 heavy (non-hydrogen) atoms. The lowest BCUT2D eigenvalue weighted by molar-refractivity contribution is 0.0674. The highest BCUT2D eigenvalue weighted by atomic mass is 16.5. The molecule has 0 amide bonds. The topological polar surface area (TPSA) is 73.0 Å². The van der Waals surface area contributed by atoms with Crippen molar-refractivity contribution in [3.05, 3.63) is 23.9 Å². The molecule has 1 aliphatic carbocycles. The molecule has 1 saturated heterocycles. The normalized spacial score (nSPS) is 20.4. The highest BCUT2D eigenvalue weighted by molar-refractivity contribution is 5.78. The van der Waals surface area contributed by atoms with E-state index in [1.807, 2.05) is 12.1 Å². The van der Waals surface area contributed by atoms with Crippen molar-refractivity contribution in [2.75, 3.05) is 26.3 Å². The first-order valence-electron chi connectivity index (χ1n) is 8.05. The molecule has 3 rings (SSSR count). The van der Waals surface area contributed by atoms with Gasteiger partial charge in [-0.25, -0.2) is 9.98 Å². The average molecular weight is 304 g/mol. The van der Waals surface area contributed by atoms with Gasteiger partial charge in [-0.05, 0) is 37.3 Å². The molecule has 0 radical (unpaired) electrons. The maximum atomic E-state index is 6.04. The summed E-state index contributed by atoms with van der Waals surface area (Å²) in [4.78, 5) is 10.8. The molecule has 2 heterocycles. The maximum Gasteiger partial charge on any atom is 0.213 e. The summed E-state index contributed by atoms with van der Waals surface area (Å²) in [6, 6.07) is 3.92. The molecule has 6 heteroatoms. The van der Waals surface area contributed by atoms with E-state index in [1.165, 1.54) is 12.8 Å². The third kappa shape index (κ3) is 4.10. The van der Waals surface area contributed by atoms with E-state index in [1.54, 1.807) is 6.20 Å². The molecule has 1 aliphatic heterocycles. The predicted octanol–water partition coefficient (Wildman–Crippen LogP) is 1.55. The zero-order valence-corrected chi connectivity index (χ0v) is 12.9. The van der Waals surface area contributed by atoms with E-state index in [0.29, 0.717) is 37.7 Å². The average Bonchev–Trinajstić information content (AvgIpc) is 3.07. The Kier molecular flexibility index (Phi) is 5.11. The summed E-state index contributed by atoms with van der Waals surface area (Å²) in [6.07, 6.45) is 6.88. The van der Waals surface area contributed by atoms with Crippen LogP contribution in [0.25, 0.3) is 0 Å². The minimum absolute atomic E-state index is 0.324. The van der Waals surface area contributed by atoms with E-state index in [4.69, 9.17) is 15.2 Å². The number of nitrogens with zero attached hydrogens (tertiary/aromatic N) is 3. The number of aliphatic imine (C=N–C) groups is 1. The van der Waals surface area contributed by atoms with Crippen LogP contribution in [0.15, 0.2) is 23.3 Å². The summed E-state index contributed by atoms with van der Waals surface area (Å²) in [5, 5.41) is 0. The smallest absolute Gasteiger partial charge is 0.213 e. The van der Waals surface area contributed by atoms with Crippen molar-refractivity contribution in [1.82, 2.24) is 9.88 Å². The van der Waals surface area contributed by atoms with Crippen LogP contribution in [0.5, 0.6) is 5.88 Å². The monoisotopic (exact) mass is 304 g/mol. The van der Waals surface area contributed by atoms with Crippen LogP contribution in [0.3, 0.4) is 0 Å². The van der Waals surface area contributed by atoms with Crippen LogP contribution in [0.1, 0.15) is 31.2 Å². The second-order valence-electron chi connectivity index (χ2n) is 5.80. The van der Waals surface area contributed by atoms with Gasteiger partial charge in [0.2, 0.25) is 5.88 Å². The van der Waals surface area contributed by atoms with Crippen LogP contribution in [-0.2, 0) is 11.3 Å². The van der Waals surface area contributed by atoms with Crippen LogP contribution in [0.4, 0.5) is 0 Å². The van der Waals surface area contributed by atoms with E-state index in [0.717, 1.165) is 31.5 Å². The number of guanidine groups is 1. The number of morpholine rings is 1. The van der Waals surface area contributed by atoms with Gasteiger partial charge >= 0.3 is 0 Å². The Labute approximate surface area is 131 Å². The van der Waals surface area contributed by atoms with Crippen molar-refractivity contribution >= 4 is 5.96 Å². The third-order valence-electron chi connectivity index (χ3n) is 4.15. The molecule has 1 aromatic heterocycles. The van der Waals surface area contributed by atoms with Crippen molar-refractivity contribution in [3.8, 4) is 5.88 Å². The number of aromatic nitrogens is 1. The summed E-state index contributed by atoms with van der Waals surface area (Å²) < 4.78 is 11.2. The lowest BCUT2D eigenvalue weighted by Crippen LogP contribution is -2.44. The second kappa shape index (κ2) is 7.45. The van der Waals surface area contributed by atoms with Gasteiger partial charge < -0.3 is 20.1 Å². The molecule has 120 valence electrons. The first-order chi connectivity index (χ1) is 10.8. The third-order valence-corrected chi connectivity index (χ3v) is 4.15. The fourth-order valence-electron chi connectivity index (χ4n) is 2.85. The summed E-state index contributed by atoms with van der Waals surface area (Å²) in [7, 11) is 0. The van der Waals surface area contributed by atoms with Gasteiger partial charge in [0.05, 0.1) is 19.8 Å². The molecular weight excluding hydrogens is 280 g/mol. The molecule has 1 aromatic rings. The molecule has 2 N–H and O–H groups in total. The molecule has 6 nitrogen and oxygen atoms in total. The minimum Gasteiger partial charge on any atom is -0.474 e. The van der Waals surface area contributed by atoms with Crippen molar-refractivity contribution in [2.24, 2.45) is 10.7 Å². The quantitative estimate of drug-likeness (QED) is 0.675. The summed E-state index contributed by atoms with van der Waals surface area (Å²) in [6.45, 7) is 3.59. The largest absolute Gasteiger partial charge is 0.474 e. The fourth-order valence-corrected chi connectivity index (χ4v) is 2.85. The van der Waals surface area contributed by atoms with Gasteiger partial charge in [-0.15, -0.1) is 0 Å². The van der Waals surface area contributed by atoms with Gasteiger partial charge in [0.1, 0.15) is 6.10 Å². The van der Waals surface area contributed by atoms with Crippen molar-refractivity contribution in [3.63, 3.8) is 0 Å². The summed E-state index contributed by atoms with van der Waals surface area (Å²) in [5.74, 6) is 1.28. The van der Waals surface area contributed by atoms with Crippen LogP contribution in [0, 0.1) is 0 Å². The number of hydrogen-bond donors (Lipinski definition) is 1. The van der Waals surface area contributed by atoms with E-state index in [-0.39, 0.29) is 0 Å². The van der Waals surface area contributed by atoms with Crippen LogP contribution in [-0.4, -0.2) is 48.3 Å². The molecule has 1 saturated carbocycles. The van der Waals surface area contributed by atoms with Crippen LogP contribution >= 0.6 is 0 Å². The Balaban J connectivity index is 1.57. The number of pyridine rings is 1. The summed E-state index contributed by atoms with van der Waals surface area (Å²) >= 11 is 0. The van der Waals surface area contributed by atoms with Gasteiger partial charge in [0, 0.05) is 25.4 Å². The fraction of sp³-hybridized carbons (Fsp3) is 0.625. The lowest BCUT2D eigenvalue weighted by atomic mass is 10.2. The predicted molar refractivity (Wildman–Crippen MR) is 84.8 cm³/mol. The van der Waals surface area contributed by atoms with Gasteiger partial charge in [0.25, 0.3) is 0 Å². The van der Waals surface area contributed by atoms with E-state index >= 15 is 0 Å². The number of hydrogen-bond acceptors (Lipinski definition) is 4. The molecular formula is C16H24N4O2. The highest BCUT2D eigenvalue weighted by Crippen LogP contribution is 2.23. The maximum absolute atomic E-state index is 6.04. The Bertz CT molecular complexity index is 509. The van der Waals surface area contributed by atoms with Crippen LogP contribution < -0.4 is 10.5 Å². The van der Waals surface area contributed by atoms with Crippen molar-refractivity contribution in [1.29, 1.82) is 0 Å². The van der Waals surface area contributed by atoms with Crippen molar-refractivity contribution in [2.45, 2.75) is 38.3 Å². The van der Waals surface area contributed by atoms with Gasteiger partial charge in [-0.3, -0.25) is 0 Å². The standard InChI is InChI=1S/C16H24N4O2/c17-16(20-7-9-21-10-8-20)19-12-13-5-6-18-15(11-13)22-14-3-1-2-4-14/h5-6,11,14H,1-4,7-10,12H2,(H2,17,19). The number of nitrogens with two attached hydrogens (primary N) is 1. The van der Waals surface area contributed by atoms with Gasteiger partial charge in [0.15, 0.2) is 5.96 Å². The van der Waals surface area contributed by atoms with E-state index in [2.05, 4.69) is 14.9 Å². The zero-order valence-electron chi connectivity index (χ0n) is 12.9.